The summed E-state index contributed by atoms with van der Waals surface area (Å²) >= 11 is 5.76. The van der Waals surface area contributed by atoms with Crippen LogP contribution in [0.25, 0.3) is 0 Å². The molecule has 4 nitrogen and oxygen atoms in total. The highest BCUT2D eigenvalue weighted by atomic mass is 35.5. The van der Waals surface area contributed by atoms with E-state index < -0.39 is 15.8 Å². The molecule has 0 aliphatic heterocycles. The highest BCUT2D eigenvalue weighted by molar-refractivity contribution is 7.89. The number of aromatic hydroxyl groups is 1. The fraction of sp³-hybridized carbons (Fsp3) is 0.0769. The molecule has 0 amide bonds. The molecule has 0 fully saturated rings. The molecule has 0 spiro atoms. The van der Waals surface area contributed by atoms with E-state index in [1.54, 1.807) is 12.1 Å². The zero-order valence-electron chi connectivity index (χ0n) is 10.2. The highest BCUT2D eigenvalue weighted by Crippen LogP contribution is 2.22. The number of benzene rings is 2. The van der Waals surface area contributed by atoms with Gasteiger partial charge in [-0.05, 0) is 35.9 Å². The largest absolute Gasteiger partial charge is 0.508 e. The normalized spacial score (nSPS) is 11.5. The van der Waals surface area contributed by atoms with E-state index in [-0.39, 0.29) is 22.2 Å². The van der Waals surface area contributed by atoms with Crippen LogP contribution < -0.4 is 4.72 Å². The lowest BCUT2D eigenvalue weighted by atomic mass is 10.2. The average Bonchev–Trinajstić information content (AvgIpc) is 2.39. The Morgan fingerprint density at radius 3 is 2.65 bits per heavy atom. The number of phenolic OH excluding ortho intramolecular Hbond substituents is 1. The van der Waals surface area contributed by atoms with Crippen LogP contribution in [0.2, 0.25) is 5.02 Å². The number of halogens is 2. The Hall–Kier alpha value is -1.63. The summed E-state index contributed by atoms with van der Waals surface area (Å²) in [6.45, 7) is -0.0381. The maximum Gasteiger partial charge on any atom is 0.242 e. The first-order valence-electron chi connectivity index (χ1n) is 5.61. The van der Waals surface area contributed by atoms with Crippen molar-refractivity contribution in [3.63, 3.8) is 0 Å². The first kappa shape index (κ1) is 14.8. The maximum absolute atomic E-state index is 13.1. The molecular weight excluding hydrogens is 305 g/mol. The average molecular weight is 316 g/mol. The minimum Gasteiger partial charge on any atom is -0.508 e. The standard InChI is InChI=1S/C13H11ClFNO3S/c14-12-5-4-10(15)7-13(12)20(18,19)16-8-9-2-1-3-11(17)6-9/h1-7,16-17H,8H2. The first-order chi connectivity index (χ1) is 9.38. The molecular formula is C13H11ClFNO3S. The molecule has 2 rings (SSSR count). The second-order valence-corrected chi connectivity index (χ2v) is 6.21. The summed E-state index contributed by atoms with van der Waals surface area (Å²) in [5.41, 5.74) is 0.570. The van der Waals surface area contributed by atoms with Crippen LogP contribution in [0.15, 0.2) is 47.4 Å². The quantitative estimate of drug-likeness (QED) is 0.911. The molecule has 2 aromatic rings. The van der Waals surface area contributed by atoms with E-state index in [4.69, 9.17) is 11.6 Å². The van der Waals surface area contributed by atoms with Crippen LogP contribution in [0.5, 0.6) is 5.75 Å². The van der Waals surface area contributed by atoms with Gasteiger partial charge in [0.25, 0.3) is 0 Å². The summed E-state index contributed by atoms with van der Waals surface area (Å²) < 4.78 is 39.5. The van der Waals surface area contributed by atoms with Crippen molar-refractivity contribution in [1.29, 1.82) is 0 Å². The van der Waals surface area contributed by atoms with Crippen LogP contribution in [0.3, 0.4) is 0 Å². The fourth-order valence-electron chi connectivity index (χ4n) is 1.61. The van der Waals surface area contributed by atoms with E-state index in [0.29, 0.717) is 5.56 Å². The van der Waals surface area contributed by atoms with Crippen LogP contribution in [-0.4, -0.2) is 13.5 Å². The van der Waals surface area contributed by atoms with Crippen molar-refractivity contribution in [1.82, 2.24) is 4.72 Å². The Balaban J connectivity index is 2.21. The number of sulfonamides is 1. The predicted molar refractivity (Wildman–Crippen MR) is 73.5 cm³/mol. The predicted octanol–water partition coefficient (Wildman–Crippen LogP) is 2.66. The number of hydrogen-bond acceptors (Lipinski definition) is 3. The summed E-state index contributed by atoms with van der Waals surface area (Å²) in [6, 6.07) is 9.25. The lowest BCUT2D eigenvalue weighted by molar-refractivity contribution is 0.474. The second kappa shape index (κ2) is 5.78. The van der Waals surface area contributed by atoms with Gasteiger partial charge in [0, 0.05) is 6.54 Å². The van der Waals surface area contributed by atoms with Gasteiger partial charge in [-0.2, -0.15) is 0 Å². The second-order valence-electron chi connectivity index (χ2n) is 4.07. The lowest BCUT2D eigenvalue weighted by Crippen LogP contribution is -2.23. The SMILES string of the molecule is O=S(=O)(NCc1cccc(O)c1)c1cc(F)ccc1Cl. The van der Waals surface area contributed by atoms with E-state index in [1.165, 1.54) is 18.2 Å². The third-order valence-corrected chi connectivity index (χ3v) is 4.44. The van der Waals surface area contributed by atoms with Crippen molar-refractivity contribution in [3.05, 3.63) is 58.9 Å². The molecule has 0 radical (unpaired) electrons. The number of rotatable bonds is 4. The molecule has 0 saturated heterocycles. The Morgan fingerprint density at radius 1 is 1.20 bits per heavy atom. The minimum atomic E-state index is -3.93. The smallest absolute Gasteiger partial charge is 0.242 e. The van der Waals surface area contributed by atoms with Gasteiger partial charge < -0.3 is 5.11 Å². The minimum absolute atomic E-state index is 0.0329. The summed E-state index contributed by atoms with van der Waals surface area (Å²) in [4.78, 5) is -0.320. The molecule has 0 unspecified atom stereocenters. The van der Waals surface area contributed by atoms with Crippen LogP contribution in [-0.2, 0) is 16.6 Å². The Labute approximate surface area is 120 Å². The van der Waals surface area contributed by atoms with E-state index >= 15 is 0 Å². The van der Waals surface area contributed by atoms with Crippen molar-refractivity contribution < 1.29 is 17.9 Å². The fourth-order valence-corrected chi connectivity index (χ4v) is 3.13. The summed E-state index contributed by atoms with van der Waals surface area (Å²) in [5, 5.41) is 9.23. The molecule has 0 aliphatic rings. The molecule has 0 heterocycles. The molecule has 106 valence electrons. The van der Waals surface area contributed by atoms with Crippen LogP contribution in [0.1, 0.15) is 5.56 Å². The van der Waals surface area contributed by atoms with Crippen molar-refractivity contribution in [2.75, 3.05) is 0 Å². The summed E-state index contributed by atoms with van der Waals surface area (Å²) in [7, 11) is -3.93. The van der Waals surface area contributed by atoms with Gasteiger partial charge in [0.05, 0.1) is 5.02 Å². The topological polar surface area (TPSA) is 66.4 Å². The molecule has 0 saturated carbocycles. The van der Waals surface area contributed by atoms with Crippen molar-refractivity contribution in [2.24, 2.45) is 0 Å². The molecule has 2 aromatic carbocycles. The zero-order chi connectivity index (χ0) is 14.8. The zero-order valence-corrected chi connectivity index (χ0v) is 11.7. The lowest BCUT2D eigenvalue weighted by Gasteiger charge is -2.08. The Kier molecular flexibility index (Phi) is 4.27. The Bertz CT molecular complexity index is 734. The van der Waals surface area contributed by atoms with Gasteiger partial charge in [0.15, 0.2) is 0 Å². The van der Waals surface area contributed by atoms with Crippen molar-refractivity contribution in [2.45, 2.75) is 11.4 Å². The van der Waals surface area contributed by atoms with E-state index in [1.807, 2.05) is 0 Å². The third kappa shape index (κ3) is 3.47. The highest BCUT2D eigenvalue weighted by Gasteiger charge is 2.18. The van der Waals surface area contributed by atoms with Gasteiger partial charge in [0.2, 0.25) is 10.0 Å². The van der Waals surface area contributed by atoms with Crippen molar-refractivity contribution >= 4 is 21.6 Å². The van der Waals surface area contributed by atoms with Gasteiger partial charge >= 0.3 is 0 Å². The molecule has 7 heteroatoms. The monoisotopic (exact) mass is 315 g/mol. The van der Waals surface area contributed by atoms with Crippen molar-refractivity contribution in [3.8, 4) is 5.75 Å². The first-order valence-corrected chi connectivity index (χ1v) is 7.47. The van der Waals surface area contributed by atoms with E-state index in [2.05, 4.69) is 4.72 Å². The van der Waals surface area contributed by atoms with Gasteiger partial charge in [-0.15, -0.1) is 0 Å². The molecule has 0 atom stereocenters. The number of phenols is 1. The summed E-state index contributed by atoms with van der Waals surface area (Å²) in [5.74, 6) is -0.655. The van der Waals surface area contributed by atoms with Gasteiger partial charge in [0.1, 0.15) is 16.5 Å². The number of nitrogens with one attached hydrogen (secondary N) is 1. The van der Waals surface area contributed by atoms with Crippen LogP contribution >= 0.6 is 11.6 Å². The van der Waals surface area contributed by atoms with E-state index in [9.17, 15) is 17.9 Å². The maximum atomic E-state index is 13.1. The molecule has 20 heavy (non-hydrogen) atoms. The molecule has 0 aliphatic carbocycles. The molecule has 0 aromatic heterocycles. The van der Waals surface area contributed by atoms with Gasteiger partial charge in [-0.3, -0.25) is 0 Å². The number of hydrogen-bond donors (Lipinski definition) is 2. The third-order valence-electron chi connectivity index (χ3n) is 2.56. The van der Waals surface area contributed by atoms with Crippen LogP contribution in [0, 0.1) is 5.82 Å². The Morgan fingerprint density at radius 2 is 1.95 bits per heavy atom. The molecule has 0 bridgehead atoms. The van der Waals surface area contributed by atoms with Crippen LogP contribution in [0.4, 0.5) is 4.39 Å². The van der Waals surface area contributed by atoms with E-state index in [0.717, 1.165) is 12.1 Å². The van der Waals surface area contributed by atoms with Gasteiger partial charge in [-0.25, -0.2) is 17.5 Å². The summed E-state index contributed by atoms with van der Waals surface area (Å²) in [6.07, 6.45) is 0. The molecule has 2 N–H and O–H groups in total. The van der Waals surface area contributed by atoms with Gasteiger partial charge in [-0.1, -0.05) is 23.7 Å².